The molecule has 0 N–H and O–H groups in total. The van der Waals surface area contributed by atoms with Crippen molar-refractivity contribution < 1.29 is 12.6 Å². The molecule has 21 heavy (non-hydrogen) atoms. The van der Waals surface area contributed by atoms with Crippen molar-refractivity contribution in [1.29, 1.82) is 0 Å². The van der Waals surface area contributed by atoms with Crippen molar-refractivity contribution in [2.75, 3.05) is 6.61 Å². The molecule has 0 aromatic heterocycles. The van der Waals surface area contributed by atoms with Gasteiger partial charge in [0.2, 0.25) is 0 Å². The first-order valence-electron chi connectivity index (χ1n) is 7.68. The topological polar surface area (TPSA) is 43.4 Å². The zero-order valence-electron chi connectivity index (χ0n) is 13.4. The van der Waals surface area contributed by atoms with Crippen LogP contribution in [-0.4, -0.2) is 15.0 Å². The van der Waals surface area contributed by atoms with E-state index in [1.165, 1.54) is 6.42 Å². The summed E-state index contributed by atoms with van der Waals surface area (Å²) >= 11 is 0. The molecule has 118 valence electrons. The van der Waals surface area contributed by atoms with Crippen LogP contribution in [0, 0.1) is 24.2 Å². The smallest absolute Gasteiger partial charge is 0.266 e. The minimum Gasteiger partial charge on any atom is -0.266 e. The summed E-state index contributed by atoms with van der Waals surface area (Å²) in [5.74, 6) is 0.786. The van der Waals surface area contributed by atoms with Gasteiger partial charge in [0.05, 0.1) is 11.5 Å². The van der Waals surface area contributed by atoms with Crippen LogP contribution in [0.15, 0.2) is 29.2 Å². The molecule has 1 aliphatic carbocycles. The Morgan fingerprint density at radius 3 is 2.43 bits per heavy atom. The van der Waals surface area contributed by atoms with E-state index in [2.05, 4.69) is 20.8 Å². The number of hydrogen-bond acceptors (Lipinski definition) is 3. The number of rotatable bonds is 4. The van der Waals surface area contributed by atoms with Gasteiger partial charge in [-0.2, -0.15) is 8.42 Å². The van der Waals surface area contributed by atoms with Gasteiger partial charge in [0, 0.05) is 0 Å². The maximum absolute atomic E-state index is 12.3. The molecule has 0 saturated heterocycles. The second-order valence-electron chi connectivity index (χ2n) is 7.02. The van der Waals surface area contributed by atoms with Crippen molar-refractivity contribution in [3.05, 3.63) is 29.8 Å². The van der Waals surface area contributed by atoms with E-state index in [-0.39, 0.29) is 22.8 Å². The fourth-order valence-electron chi connectivity index (χ4n) is 3.36. The van der Waals surface area contributed by atoms with E-state index < -0.39 is 10.1 Å². The van der Waals surface area contributed by atoms with E-state index in [9.17, 15) is 8.42 Å². The van der Waals surface area contributed by atoms with Crippen molar-refractivity contribution in [3.8, 4) is 0 Å². The largest absolute Gasteiger partial charge is 0.296 e. The average molecular weight is 310 g/mol. The maximum Gasteiger partial charge on any atom is 0.296 e. The van der Waals surface area contributed by atoms with Gasteiger partial charge in [-0.1, -0.05) is 51.3 Å². The Balaban J connectivity index is 2.09. The summed E-state index contributed by atoms with van der Waals surface area (Å²) in [6.45, 7) is 8.85. The van der Waals surface area contributed by atoms with Crippen LogP contribution in [-0.2, 0) is 14.3 Å². The Labute approximate surface area is 128 Å². The zero-order chi connectivity index (χ0) is 15.7. The molecule has 0 aliphatic heterocycles. The third-order valence-electron chi connectivity index (χ3n) is 4.88. The van der Waals surface area contributed by atoms with Crippen molar-refractivity contribution in [3.63, 3.8) is 0 Å². The van der Waals surface area contributed by atoms with Crippen molar-refractivity contribution in [1.82, 2.24) is 0 Å². The third kappa shape index (κ3) is 3.86. The van der Waals surface area contributed by atoms with Crippen LogP contribution in [0.25, 0.3) is 0 Å². The monoisotopic (exact) mass is 310 g/mol. The second-order valence-corrected chi connectivity index (χ2v) is 8.63. The van der Waals surface area contributed by atoms with Gasteiger partial charge < -0.3 is 0 Å². The number of hydrogen-bond donors (Lipinski definition) is 0. The predicted molar refractivity (Wildman–Crippen MR) is 84.6 cm³/mol. The van der Waals surface area contributed by atoms with E-state index in [0.29, 0.717) is 5.92 Å². The first-order valence-corrected chi connectivity index (χ1v) is 9.09. The van der Waals surface area contributed by atoms with Crippen LogP contribution in [0.2, 0.25) is 0 Å². The lowest BCUT2D eigenvalue weighted by atomic mass is 9.64. The quantitative estimate of drug-likeness (QED) is 0.784. The molecule has 2 rings (SSSR count). The Kier molecular flexibility index (Phi) is 4.79. The number of benzene rings is 1. The minimum atomic E-state index is -3.65. The molecule has 2 atom stereocenters. The molecule has 0 bridgehead atoms. The summed E-state index contributed by atoms with van der Waals surface area (Å²) in [6, 6.07) is 6.81. The van der Waals surface area contributed by atoms with Crippen LogP contribution in [0.4, 0.5) is 0 Å². The van der Waals surface area contributed by atoms with Gasteiger partial charge in [0.1, 0.15) is 0 Å². The summed E-state index contributed by atoms with van der Waals surface area (Å²) in [7, 11) is -3.65. The van der Waals surface area contributed by atoms with Crippen LogP contribution in [0.5, 0.6) is 0 Å². The van der Waals surface area contributed by atoms with Crippen LogP contribution in [0.3, 0.4) is 0 Å². The first kappa shape index (κ1) is 16.5. The van der Waals surface area contributed by atoms with Crippen LogP contribution < -0.4 is 0 Å². The molecule has 1 aliphatic rings. The molecule has 3 nitrogen and oxygen atoms in total. The Morgan fingerprint density at radius 2 is 1.86 bits per heavy atom. The second kappa shape index (κ2) is 6.09. The summed E-state index contributed by atoms with van der Waals surface area (Å²) in [6.07, 6.45) is 3.51. The van der Waals surface area contributed by atoms with Crippen molar-refractivity contribution in [2.24, 2.45) is 17.3 Å². The van der Waals surface area contributed by atoms with E-state index in [0.717, 1.165) is 18.4 Å². The van der Waals surface area contributed by atoms with Gasteiger partial charge >= 0.3 is 0 Å². The van der Waals surface area contributed by atoms with Gasteiger partial charge in [0.15, 0.2) is 0 Å². The molecule has 0 radical (unpaired) electrons. The highest BCUT2D eigenvalue weighted by Crippen LogP contribution is 2.44. The van der Waals surface area contributed by atoms with E-state index in [4.69, 9.17) is 4.18 Å². The summed E-state index contributed by atoms with van der Waals surface area (Å²) < 4.78 is 29.9. The molecule has 0 amide bonds. The molecular formula is C17H26O3S. The Bertz CT molecular complexity index is 573. The standard InChI is InChI=1S/C17H26O3S/c1-13-7-9-15(10-8-13)21(18,19)20-12-16-14(2)6-5-11-17(16,3)4/h7-10,14,16H,5-6,11-12H2,1-4H3/t14-,16+/m0/s1. The zero-order valence-corrected chi connectivity index (χ0v) is 14.2. The SMILES string of the molecule is Cc1ccc(S(=O)(=O)OC[C@@H]2[C@@H](C)CCCC2(C)C)cc1. The fraction of sp³-hybridized carbons (Fsp3) is 0.647. The van der Waals surface area contributed by atoms with Crippen molar-refractivity contribution in [2.45, 2.75) is 51.9 Å². The summed E-state index contributed by atoms with van der Waals surface area (Å²) in [4.78, 5) is 0.245. The van der Waals surface area contributed by atoms with Crippen molar-refractivity contribution >= 4 is 10.1 Å². The fourth-order valence-corrected chi connectivity index (χ4v) is 4.29. The summed E-state index contributed by atoms with van der Waals surface area (Å²) in [5, 5.41) is 0. The molecule has 0 spiro atoms. The lowest BCUT2D eigenvalue weighted by molar-refractivity contribution is 0.0434. The minimum absolute atomic E-state index is 0.139. The van der Waals surface area contributed by atoms with Crippen LogP contribution >= 0.6 is 0 Å². The van der Waals surface area contributed by atoms with Gasteiger partial charge in [0.25, 0.3) is 10.1 Å². The van der Waals surface area contributed by atoms with E-state index in [1.807, 2.05) is 6.92 Å². The third-order valence-corrected chi connectivity index (χ3v) is 6.18. The number of aryl methyl sites for hydroxylation is 1. The van der Waals surface area contributed by atoms with Gasteiger partial charge in [-0.05, 0) is 42.7 Å². The highest BCUT2D eigenvalue weighted by molar-refractivity contribution is 7.86. The highest BCUT2D eigenvalue weighted by Gasteiger charge is 2.37. The van der Waals surface area contributed by atoms with E-state index >= 15 is 0 Å². The van der Waals surface area contributed by atoms with Gasteiger partial charge in [-0.25, -0.2) is 0 Å². The Morgan fingerprint density at radius 1 is 1.24 bits per heavy atom. The average Bonchev–Trinajstić information content (AvgIpc) is 2.37. The molecule has 1 saturated carbocycles. The normalized spacial score (nSPS) is 25.7. The molecule has 1 aromatic carbocycles. The molecule has 0 heterocycles. The Hall–Kier alpha value is -0.870. The lowest BCUT2D eigenvalue weighted by Gasteiger charge is -2.42. The first-order chi connectivity index (χ1) is 9.72. The highest BCUT2D eigenvalue weighted by atomic mass is 32.2. The predicted octanol–water partition coefficient (Wildman–Crippen LogP) is 4.16. The molecule has 0 unspecified atom stereocenters. The molecular weight excluding hydrogens is 284 g/mol. The molecule has 1 fully saturated rings. The lowest BCUT2D eigenvalue weighted by Crippen LogP contribution is -2.37. The maximum atomic E-state index is 12.3. The van der Waals surface area contributed by atoms with Gasteiger partial charge in [-0.15, -0.1) is 0 Å². The summed E-state index contributed by atoms with van der Waals surface area (Å²) in [5.41, 5.74) is 1.18. The van der Waals surface area contributed by atoms with Gasteiger partial charge in [-0.3, -0.25) is 4.18 Å². The molecule has 4 heteroatoms. The van der Waals surface area contributed by atoms with Crippen LogP contribution in [0.1, 0.15) is 45.6 Å². The molecule has 1 aromatic rings. The van der Waals surface area contributed by atoms with E-state index in [1.54, 1.807) is 24.3 Å².